The first-order chi connectivity index (χ1) is 9.56. The molecule has 20 heavy (non-hydrogen) atoms. The maximum Gasteiger partial charge on any atom is 0.251 e. The van der Waals surface area contributed by atoms with Crippen molar-refractivity contribution in [3.05, 3.63) is 34.3 Å². The van der Waals surface area contributed by atoms with Gasteiger partial charge >= 0.3 is 0 Å². The first kappa shape index (κ1) is 13.9. The van der Waals surface area contributed by atoms with E-state index >= 15 is 0 Å². The van der Waals surface area contributed by atoms with Crippen molar-refractivity contribution in [2.75, 3.05) is 6.61 Å². The number of rotatable bonds is 2. The zero-order chi connectivity index (χ0) is 14.3. The lowest BCUT2D eigenvalue weighted by molar-refractivity contribution is -0.117. The van der Waals surface area contributed by atoms with Gasteiger partial charge in [0.05, 0.1) is 12.1 Å². The van der Waals surface area contributed by atoms with E-state index in [-0.39, 0.29) is 24.1 Å². The van der Waals surface area contributed by atoms with E-state index in [1.165, 1.54) is 0 Å². The van der Waals surface area contributed by atoms with Gasteiger partial charge in [-0.15, -0.1) is 0 Å². The van der Waals surface area contributed by atoms with Crippen molar-refractivity contribution in [1.29, 1.82) is 0 Å². The molecule has 1 heterocycles. The molecule has 1 amide bonds. The number of fused-ring (bicyclic) bond motifs is 1. The summed E-state index contributed by atoms with van der Waals surface area (Å²) in [5.74, 6) is 0.249. The second kappa shape index (κ2) is 5.35. The Balaban J connectivity index is 1.70. The van der Waals surface area contributed by atoms with Crippen LogP contribution in [-0.4, -0.2) is 30.7 Å². The van der Waals surface area contributed by atoms with Crippen molar-refractivity contribution < 1.29 is 9.53 Å². The van der Waals surface area contributed by atoms with Crippen molar-refractivity contribution in [1.82, 2.24) is 5.32 Å². The number of amides is 1. The van der Waals surface area contributed by atoms with Crippen LogP contribution < -0.4 is 11.1 Å². The van der Waals surface area contributed by atoms with Gasteiger partial charge in [-0.1, -0.05) is 11.6 Å². The molecule has 1 aliphatic heterocycles. The summed E-state index contributed by atoms with van der Waals surface area (Å²) < 4.78 is 5.72. The van der Waals surface area contributed by atoms with Crippen molar-refractivity contribution in [2.24, 2.45) is 11.7 Å². The average molecular weight is 295 g/mol. The topological polar surface area (TPSA) is 64.4 Å². The van der Waals surface area contributed by atoms with Crippen LogP contribution in [0.4, 0.5) is 0 Å². The number of ether oxygens (including phenoxy) is 1. The molecular weight excluding hydrogens is 276 g/mol. The number of hydrogen-bond acceptors (Lipinski definition) is 3. The second-order valence-corrected chi connectivity index (χ2v) is 6.17. The first-order valence-electron chi connectivity index (χ1n) is 7.01. The predicted octanol–water partition coefficient (Wildman–Crippen LogP) is 1.88. The van der Waals surface area contributed by atoms with E-state index in [9.17, 15) is 4.79 Å². The second-order valence-electron chi connectivity index (χ2n) is 5.74. The van der Waals surface area contributed by atoms with Crippen LogP contribution in [-0.2, 0) is 4.74 Å². The van der Waals surface area contributed by atoms with Gasteiger partial charge in [0.1, 0.15) is 0 Å². The van der Waals surface area contributed by atoms with E-state index in [2.05, 4.69) is 5.32 Å². The smallest absolute Gasteiger partial charge is 0.251 e. The molecule has 1 aliphatic carbocycles. The monoisotopic (exact) mass is 294 g/mol. The summed E-state index contributed by atoms with van der Waals surface area (Å²) in [6.45, 7) is 2.68. The Morgan fingerprint density at radius 1 is 1.45 bits per heavy atom. The third kappa shape index (κ3) is 2.43. The highest BCUT2D eigenvalue weighted by Gasteiger charge is 2.51. The molecule has 0 spiro atoms. The van der Waals surface area contributed by atoms with E-state index < -0.39 is 0 Å². The lowest BCUT2D eigenvalue weighted by atomic mass is 9.68. The van der Waals surface area contributed by atoms with Crippen LogP contribution in [0.5, 0.6) is 0 Å². The van der Waals surface area contributed by atoms with E-state index in [0.717, 1.165) is 25.0 Å². The van der Waals surface area contributed by atoms with Crippen molar-refractivity contribution in [3.63, 3.8) is 0 Å². The highest BCUT2D eigenvalue weighted by Crippen LogP contribution is 2.37. The minimum absolute atomic E-state index is 0.00969. The zero-order valence-corrected chi connectivity index (χ0v) is 12.2. The molecule has 3 rings (SSSR count). The fraction of sp³-hybridized carbons (Fsp3) is 0.533. The fourth-order valence-corrected chi connectivity index (χ4v) is 3.52. The molecule has 1 saturated heterocycles. The fourth-order valence-electron chi connectivity index (χ4n) is 3.23. The molecule has 4 nitrogen and oxygen atoms in total. The Kier molecular flexibility index (Phi) is 3.71. The largest absolute Gasteiger partial charge is 0.376 e. The quantitative estimate of drug-likeness (QED) is 0.875. The summed E-state index contributed by atoms with van der Waals surface area (Å²) in [6, 6.07) is 5.22. The van der Waals surface area contributed by atoms with Gasteiger partial charge in [-0.25, -0.2) is 0 Å². The van der Waals surface area contributed by atoms with Crippen LogP contribution in [0, 0.1) is 12.8 Å². The number of nitrogens with two attached hydrogens (primary N) is 1. The Morgan fingerprint density at radius 2 is 2.25 bits per heavy atom. The highest BCUT2D eigenvalue weighted by molar-refractivity contribution is 6.31. The van der Waals surface area contributed by atoms with Crippen LogP contribution >= 0.6 is 11.6 Å². The Morgan fingerprint density at radius 3 is 3.00 bits per heavy atom. The zero-order valence-electron chi connectivity index (χ0n) is 11.4. The van der Waals surface area contributed by atoms with Crippen molar-refractivity contribution >= 4 is 17.5 Å². The highest BCUT2D eigenvalue weighted by atomic mass is 35.5. The van der Waals surface area contributed by atoms with E-state index in [0.29, 0.717) is 16.5 Å². The van der Waals surface area contributed by atoms with Crippen molar-refractivity contribution in [2.45, 2.75) is 38.0 Å². The van der Waals surface area contributed by atoms with Gasteiger partial charge in [0.25, 0.3) is 5.91 Å². The number of nitrogens with one attached hydrogen (secondary N) is 1. The van der Waals surface area contributed by atoms with E-state index in [4.69, 9.17) is 22.1 Å². The average Bonchev–Trinajstić information content (AvgIpc) is 2.43. The van der Waals surface area contributed by atoms with Gasteiger partial charge in [-0.3, -0.25) is 4.79 Å². The molecule has 3 N–H and O–H groups in total. The minimum atomic E-state index is -0.135. The van der Waals surface area contributed by atoms with Gasteiger partial charge in [-0.05, 0) is 43.5 Å². The molecular formula is C15H19ClN2O2. The first-order valence-corrected chi connectivity index (χ1v) is 7.39. The molecule has 0 aromatic heterocycles. The SMILES string of the molecule is Cc1cc(Cl)cc(C(=O)NC2C(N)C3CCCOC32)c1. The van der Waals surface area contributed by atoms with Crippen molar-refractivity contribution in [3.8, 4) is 0 Å². The molecule has 2 fully saturated rings. The minimum Gasteiger partial charge on any atom is -0.376 e. The van der Waals surface area contributed by atoms with Crippen LogP contribution in [0.15, 0.2) is 18.2 Å². The molecule has 1 aromatic rings. The maximum atomic E-state index is 12.3. The number of benzene rings is 1. The molecule has 0 bridgehead atoms. The summed E-state index contributed by atoms with van der Waals surface area (Å²) >= 11 is 5.99. The molecule has 0 radical (unpaired) electrons. The number of hydrogen-bond donors (Lipinski definition) is 2. The molecule has 108 valence electrons. The van der Waals surface area contributed by atoms with E-state index in [1.807, 2.05) is 19.1 Å². The lowest BCUT2D eigenvalue weighted by Gasteiger charge is -2.52. The molecule has 4 unspecified atom stereocenters. The van der Waals surface area contributed by atoms with Crippen LogP contribution in [0.1, 0.15) is 28.8 Å². The van der Waals surface area contributed by atoms with Gasteiger partial charge in [-0.2, -0.15) is 0 Å². The number of halogens is 1. The summed E-state index contributed by atoms with van der Waals surface area (Å²) in [5.41, 5.74) is 7.68. The lowest BCUT2D eigenvalue weighted by Crippen LogP contribution is -2.72. The number of carbonyl (C=O) groups is 1. The molecule has 5 heteroatoms. The maximum absolute atomic E-state index is 12.3. The van der Waals surface area contributed by atoms with Gasteiger partial charge in [0.2, 0.25) is 0 Å². The molecule has 4 atom stereocenters. The van der Waals surface area contributed by atoms with Gasteiger partial charge < -0.3 is 15.8 Å². The Bertz CT molecular complexity index is 514. The van der Waals surface area contributed by atoms with Gasteiger partial charge in [0, 0.05) is 29.2 Å². The summed E-state index contributed by atoms with van der Waals surface area (Å²) in [7, 11) is 0. The van der Waals surface area contributed by atoms with Crippen LogP contribution in [0.2, 0.25) is 5.02 Å². The van der Waals surface area contributed by atoms with Gasteiger partial charge in [0.15, 0.2) is 0 Å². The molecule has 2 aliphatic rings. The Hall–Kier alpha value is -1.10. The normalized spacial score (nSPS) is 32.1. The van der Waals surface area contributed by atoms with E-state index in [1.54, 1.807) is 6.07 Å². The summed E-state index contributed by atoms with van der Waals surface area (Å²) in [4.78, 5) is 12.3. The summed E-state index contributed by atoms with van der Waals surface area (Å²) in [6.07, 6.45) is 2.22. The van der Waals surface area contributed by atoms with Crippen LogP contribution in [0.25, 0.3) is 0 Å². The third-order valence-corrected chi connectivity index (χ3v) is 4.50. The third-order valence-electron chi connectivity index (χ3n) is 4.28. The molecule has 1 saturated carbocycles. The van der Waals surface area contributed by atoms with Crippen LogP contribution in [0.3, 0.4) is 0 Å². The standard InChI is InChI=1S/C15H19ClN2O2/c1-8-5-9(7-10(16)6-8)15(19)18-13-12(17)11-3-2-4-20-14(11)13/h5-7,11-14H,2-4,17H2,1H3,(H,18,19). The number of aryl methyl sites for hydroxylation is 1. The number of carbonyl (C=O) groups excluding carboxylic acids is 1. The Labute approximate surface area is 123 Å². The predicted molar refractivity (Wildman–Crippen MR) is 77.9 cm³/mol. The molecule has 1 aromatic carbocycles. The summed E-state index contributed by atoms with van der Waals surface area (Å²) in [5, 5.41) is 3.56.